The number of nitrogens with one attached hydrogen (secondary N) is 1. The molecule has 7 heteroatoms. The van der Waals surface area contributed by atoms with Gasteiger partial charge in [0.2, 0.25) is 0 Å². The molecule has 3 aromatic rings. The molecule has 1 aromatic heterocycles. The molecule has 2 aromatic carbocycles. The molecule has 1 amide bonds. The molecule has 0 unspecified atom stereocenters. The molecule has 0 radical (unpaired) electrons. The van der Waals surface area contributed by atoms with E-state index in [0.717, 1.165) is 11.1 Å². The van der Waals surface area contributed by atoms with E-state index in [4.69, 9.17) is 11.6 Å². The fourth-order valence-electron chi connectivity index (χ4n) is 2.72. The minimum absolute atomic E-state index is 0.202. The molecule has 0 aliphatic heterocycles. The Morgan fingerprint density at radius 1 is 1.04 bits per heavy atom. The van der Waals surface area contributed by atoms with Gasteiger partial charge in [0.1, 0.15) is 12.7 Å². The van der Waals surface area contributed by atoms with Gasteiger partial charge in [-0.25, -0.2) is 4.68 Å². The Balaban J connectivity index is 1.81. The van der Waals surface area contributed by atoms with Crippen LogP contribution in [0, 0.1) is 0 Å². The Bertz CT molecular complexity index is 951. The normalized spacial score (nSPS) is 12.0. The van der Waals surface area contributed by atoms with Crippen LogP contribution in [0.3, 0.4) is 0 Å². The van der Waals surface area contributed by atoms with Gasteiger partial charge in [-0.05, 0) is 29.3 Å². The number of hydrogen-bond donors (Lipinski definition) is 1. The minimum atomic E-state index is -0.408. The van der Waals surface area contributed by atoms with Gasteiger partial charge in [-0.1, -0.05) is 29.8 Å². The maximum atomic E-state index is 12.7. The van der Waals surface area contributed by atoms with Gasteiger partial charge in [0.15, 0.2) is 5.78 Å². The summed E-state index contributed by atoms with van der Waals surface area (Å²) in [6, 6.07) is 10.3. The highest BCUT2D eigenvalue weighted by molar-refractivity contribution is 6.33. The van der Waals surface area contributed by atoms with Gasteiger partial charge in [0.25, 0.3) is 5.91 Å². The molecule has 1 aliphatic rings. The minimum Gasteiger partial charge on any atom is -0.289 e. The van der Waals surface area contributed by atoms with Crippen LogP contribution in [0.25, 0.3) is 11.1 Å². The van der Waals surface area contributed by atoms with Crippen molar-refractivity contribution in [3.63, 3.8) is 0 Å². The van der Waals surface area contributed by atoms with Crippen LogP contribution in [-0.2, 0) is 0 Å². The molecule has 0 saturated carbocycles. The third-order valence-electron chi connectivity index (χ3n) is 3.70. The fraction of sp³-hybridized carbons (Fsp3) is 0. The van der Waals surface area contributed by atoms with Gasteiger partial charge in [-0.2, -0.15) is 0 Å². The second-order valence-corrected chi connectivity index (χ2v) is 5.49. The molecular weight excluding hydrogens is 316 g/mol. The molecule has 1 N–H and O–H groups in total. The van der Waals surface area contributed by atoms with Crippen molar-refractivity contribution in [3.8, 4) is 11.1 Å². The smallest absolute Gasteiger partial charge is 0.270 e. The summed E-state index contributed by atoms with van der Waals surface area (Å²) >= 11 is 5.98. The van der Waals surface area contributed by atoms with Crippen molar-refractivity contribution in [1.82, 2.24) is 14.9 Å². The third-order valence-corrected chi connectivity index (χ3v) is 3.94. The first-order valence-electron chi connectivity index (χ1n) is 6.79. The summed E-state index contributed by atoms with van der Waals surface area (Å²) in [6.45, 7) is 0. The molecule has 0 atom stereocenters. The quantitative estimate of drug-likeness (QED) is 0.614. The molecule has 1 aliphatic carbocycles. The van der Waals surface area contributed by atoms with Crippen LogP contribution in [0.4, 0.5) is 0 Å². The van der Waals surface area contributed by atoms with Crippen LogP contribution in [-0.4, -0.2) is 26.6 Å². The van der Waals surface area contributed by atoms with Crippen molar-refractivity contribution < 1.29 is 9.59 Å². The number of hydrogen-bond acceptors (Lipinski definition) is 4. The Morgan fingerprint density at radius 3 is 2.61 bits per heavy atom. The Hall–Kier alpha value is -2.99. The van der Waals surface area contributed by atoms with Gasteiger partial charge in [-0.15, -0.1) is 10.2 Å². The predicted molar refractivity (Wildman–Crippen MR) is 84.0 cm³/mol. The number of nitrogens with zero attached hydrogens (tertiary/aromatic N) is 3. The van der Waals surface area contributed by atoms with Crippen LogP contribution in [0.15, 0.2) is 49.1 Å². The summed E-state index contributed by atoms with van der Waals surface area (Å²) in [5.41, 5.74) is 5.32. The number of benzene rings is 2. The first-order valence-corrected chi connectivity index (χ1v) is 7.16. The maximum absolute atomic E-state index is 12.7. The zero-order valence-electron chi connectivity index (χ0n) is 11.7. The average molecular weight is 325 g/mol. The number of carbonyl (C=O) groups is 2. The van der Waals surface area contributed by atoms with Crippen molar-refractivity contribution in [3.05, 3.63) is 70.8 Å². The summed E-state index contributed by atoms with van der Waals surface area (Å²) in [5.74, 6) is -0.610. The van der Waals surface area contributed by atoms with Gasteiger partial charge in [0, 0.05) is 16.1 Å². The van der Waals surface area contributed by atoms with Gasteiger partial charge in [0.05, 0.1) is 5.56 Å². The number of carbonyl (C=O) groups excluding carboxylic acids is 2. The molecule has 0 saturated heterocycles. The number of fused-ring (bicyclic) bond motifs is 3. The average Bonchev–Trinajstić information content (AvgIpc) is 3.15. The van der Waals surface area contributed by atoms with E-state index < -0.39 is 5.91 Å². The predicted octanol–water partition coefficient (Wildman–Crippen LogP) is 2.53. The summed E-state index contributed by atoms with van der Waals surface area (Å²) in [6.07, 6.45) is 2.72. The van der Waals surface area contributed by atoms with Crippen molar-refractivity contribution in [2.45, 2.75) is 0 Å². The van der Waals surface area contributed by atoms with E-state index in [9.17, 15) is 9.59 Å². The first-order chi connectivity index (χ1) is 11.1. The van der Waals surface area contributed by atoms with Crippen molar-refractivity contribution in [2.24, 2.45) is 0 Å². The second-order valence-electron chi connectivity index (χ2n) is 5.06. The topological polar surface area (TPSA) is 76.9 Å². The van der Waals surface area contributed by atoms with E-state index in [1.54, 1.807) is 30.3 Å². The van der Waals surface area contributed by atoms with Gasteiger partial charge >= 0.3 is 0 Å². The summed E-state index contributed by atoms with van der Waals surface area (Å²) < 4.78 is 1.32. The molecular formula is C16H9ClN4O2. The lowest BCUT2D eigenvalue weighted by molar-refractivity contribution is 0.0988. The Labute approximate surface area is 135 Å². The number of rotatable bonds is 2. The van der Waals surface area contributed by atoms with Crippen LogP contribution in [0.2, 0.25) is 5.02 Å². The largest absolute Gasteiger partial charge is 0.289 e. The van der Waals surface area contributed by atoms with Crippen molar-refractivity contribution >= 4 is 23.3 Å². The summed E-state index contributed by atoms with van der Waals surface area (Å²) in [5, 5.41) is 7.72. The Kier molecular flexibility index (Phi) is 2.99. The highest BCUT2D eigenvalue weighted by atomic mass is 35.5. The monoisotopic (exact) mass is 324 g/mol. The summed E-state index contributed by atoms with van der Waals surface area (Å²) in [4.78, 5) is 25.2. The first kappa shape index (κ1) is 13.7. The van der Waals surface area contributed by atoms with Crippen molar-refractivity contribution in [2.75, 3.05) is 5.43 Å². The van der Waals surface area contributed by atoms with E-state index in [-0.39, 0.29) is 5.78 Å². The highest BCUT2D eigenvalue weighted by Gasteiger charge is 2.31. The fourth-order valence-corrected chi connectivity index (χ4v) is 2.89. The van der Waals surface area contributed by atoms with E-state index in [1.165, 1.54) is 17.3 Å². The van der Waals surface area contributed by atoms with Gasteiger partial charge < -0.3 is 0 Å². The van der Waals surface area contributed by atoms with E-state index in [1.807, 2.05) is 6.07 Å². The molecule has 1 heterocycles. The number of halogens is 1. The lowest BCUT2D eigenvalue weighted by Gasteiger charge is -2.08. The molecule has 6 nitrogen and oxygen atoms in total. The zero-order valence-corrected chi connectivity index (χ0v) is 12.4. The van der Waals surface area contributed by atoms with Crippen LogP contribution in [0.5, 0.6) is 0 Å². The van der Waals surface area contributed by atoms with E-state index in [2.05, 4.69) is 15.6 Å². The number of ketones is 1. The van der Waals surface area contributed by atoms with Crippen LogP contribution in [0.1, 0.15) is 26.3 Å². The lowest BCUT2D eigenvalue weighted by atomic mass is 10.0. The van der Waals surface area contributed by atoms with E-state index in [0.29, 0.717) is 21.7 Å². The maximum Gasteiger partial charge on any atom is 0.270 e. The van der Waals surface area contributed by atoms with Crippen LogP contribution >= 0.6 is 11.6 Å². The zero-order chi connectivity index (χ0) is 16.0. The van der Waals surface area contributed by atoms with Crippen molar-refractivity contribution in [1.29, 1.82) is 0 Å². The standard InChI is InChI=1S/C16H9ClN4O2/c17-9-4-5-10-11-2-1-3-12(14(11)15(22)13(10)6-9)16(23)20-21-7-18-19-8-21/h1-8H,(H,20,23). The van der Waals surface area contributed by atoms with Gasteiger partial charge in [-0.3, -0.25) is 15.0 Å². The SMILES string of the molecule is O=C(Nn1cnnc1)c1cccc2c1C(=O)c1cc(Cl)ccc1-2. The molecule has 112 valence electrons. The molecule has 0 bridgehead atoms. The molecule has 23 heavy (non-hydrogen) atoms. The molecule has 4 rings (SSSR count). The van der Waals surface area contributed by atoms with Crippen LogP contribution < -0.4 is 5.43 Å². The highest BCUT2D eigenvalue weighted by Crippen LogP contribution is 2.39. The second kappa shape index (κ2) is 5.03. The summed E-state index contributed by atoms with van der Waals surface area (Å²) in [7, 11) is 0. The molecule has 0 fully saturated rings. The number of amides is 1. The third kappa shape index (κ3) is 2.11. The molecule has 0 spiro atoms. The lowest BCUT2D eigenvalue weighted by Crippen LogP contribution is -2.23. The van der Waals surface area contributed by atoms with E-state index >= 15 is 0 Å². The number of aromatic nitrogens is 3. The Morgan fingerprint density at radius 2 is 1.83 bits per heavy atom.